The average Bonchev–Trinajstić information content (AvgIpc) is 2.23. The zero-order valence-electron chi connectivity index (χ0n) is 4.94. The van der Waals surface area contributed by atoms with Gasteiger partial charge >= 0.3 is 0 Å². The Morgan fingerprint density at radius 3 is 2.43 bits per heavy atom. The Hall–Kier alpha value is -0.530. The summed E-state index contributed by atoms with van der Waals surface area (Å²) in [6, 6.07) is 0. The van der Waals surface area contributed by atoms with Gasteiger partial charge < -0.3 is 5.43 Å². The Kier molecular flexibility index (Phi) is 5.06. The van der Waals surface area contributed by atoms with E-state index in [2.05, 4.69) is 10.5 Å². The van der Waals surface area contributed by atoms with Gasteiger partial charge in [0.25, 0.3) is 0 Å². The molecular weight excluding hydrogens is 88.1 g/mol. The van der Waals surface area contributed by atoms with Crippen LogP contribution in [0, 0.1) is 0 Å². The first-order valence-electron chi connectivity index (χ1n) is 2.74. The summed E-state index contributed by atoms with van der Waals surface area (Å²) in [5.74, 6) is 0. The molecule has 0 aromatic heterocycles. The van der Waals surface area contributed by atoms with Crippen molar-refractivity contribution in [2.24, 2.45) is 5.10 Å². The van der Waals surface area contributed by atoms with E-state index >= 15 is 0 Å². The van der Waals surface area contributed by atoms with E-state index in [9.17, 15) is 0 Å². The smallest absolute Gasteiger partial charge is 0.0379 e. The first-order valence-corrected chi connectivity index (χ1v) is 2.74. The largest absolute Gasteiger partial charge is 0.310 e. The van der Waals surface area contributed by atoms with Crippen molar-refractivity contribution in [2.45, 2.75) is 20.3 Å². The van der Waals surface area contributed by atoms with Crippen LogP contribution in [0.15, 0.2) is 5.10 Å². The quantitative estimate of drug-likeness (QED) is 0.482. The summed E-state index contributed by atoms with van der Waals surface area (Å²) in [4.78, 5) is 0. The molecular formula is C5H12N2. The van der Waals surface area contributed by atoms with Gasteiger partial charge in [0.1, 0.15) is 0 Å². The fourth-order valence-corrected chi connectivity index (χ4v) is 0.323. The maximum absolute atomic E-state index is 3.71. The summed E-state index contributed by atoms with van der Waals surface area (Å²) in [5.41, 5.74) is 2.79. The molecule has 0 atom stereocenters. The van der Waals surface area contributed by atoms with Crippen molar-refractivity contribution >= 4 is 6.21 Å². The summed E-state index contributed by atoms with van der Waals surface area (Å²) >= 11 is 0. The molecule has 2 nitrogen and oxygen atoms in total. The van der Waals surface area contributed by atoms with Crippen molar-refractivity contribution in [1.29, 1.82) is 0 Å². The predicted octanol–water partition coefficient (Wildman–Crippen LogP) is 0.992. The van der Waals surface area contributed by atoms with Crippen molar-refractivity contribution in [3.63, 3.8) is 0 Å². The van der Waals surface area contributed by atoms with Gasteiger partial charge in [-0.15, -0.1) is 0 Å². The molecule has 7 heavy (non-hydrogen) atoms. The maximum Gasteiger partial charge on any atom is 0.0379 e. The zero-order valence-corrected chi connectivity index (χ0v) is 4.94. The van der Waals surface area contributed by atoms with Crippen LogP contribution in [0.1, 0.15) is 20.3 Å². The third-order valence-corrected chi connectivity index (χ3v) is 0.568. The van der Waals surface area contributed by atoms with Crippen molar-refractivity contribution in [1.82, 2.24) is 5.43 Å². The lowest BCUT2D eigenvalue weighted by Crippen LogP contribution is -1.96. The summed E-state index contributed by atoms with van der Waals surface area (Å²) in [7, 11) is 0. The molecule has 0 fully saturated rings. The van der Waals surface area contributed by atoms with Crippen molar-refractivity contribution in [3.05, 3.63) is 0 Å². The molecule has 0 spiro atoms. The van der Waals surface area contributed by atoms with Crippen LogP contribution in [0.3, 0.4) is 0 Å². The molecule has 1 aliphatic heterocycles. The van der Waals surface area contributed by atoms with Crippen molar-refractivity contribution < 1.29 is 0 Å². The van der Waals surface area contributed by atoms with E-state index in [1.807, 2.05) is 20.1 Å². The van der Waals surface area contributed by atoms with Gasteiger partial charge in [-0.3, -0.25) is 0 Å². The minimum absolute atomic E-state index is 1.03. The normalized spacial score (nSPS) is 14.6. The molecule has 1 N–H and O–H groups in total. The average molecular weight is 100 g/mol. The second-order valence-corrected chi connectivity index (χ2v) is 1.01. The van der Waals surface area contributed by atoms with E-state index in [1.54, 1.807) is 0 Å². The second kappa shape index (κ2) is 5.47. The van der Waals surface area contributed by atoms with E-state index < -0.39 is 0 Å². The zero-order chi connectivity index (χ0) is 5.54. The molecule has 1 heterocycles. The van der Waals surface area contributed by atoms with E-state index in [-0.39, 0.29) is 0 Å². The number of hydrogen-bond acceptors (Lipinski definition) is 2. The van der Waals surface area contributed by atoms with Crippen LogP contribution in [-0.2, 0) is 0 Å². The molecule has 0 radical (unpaired) electrons. The monoisotopic (exact) mass is 100 g/mol. The lowest BCUT2D eigenvalue weighted by Gasteiger charge is -1.76. The minimum Gasteiger partial charge on any atom is -0.310 e. The molecule has 0 saturated carbocycles. The molecule has 0 saturated heterocycles. The Labute approximate surface area is 44.6 Å². The Morgan fingerprint density at radius 2 is 2.29 bits per heavy atom. The van der Waals surface area contributed by atoms with Gasteiger partial charge in [-0.1, -0.05) is 13.8 Å². The fraction of sp³-hybridized carbons (Fsp3) is 0.800. The number of rotatable bonds is 0. The minimum atomic E-state index is 1.03. The lowest BCUT2D eigenvalue weighted by atomic mass is 10.5. The van der Waals surface area contributed by atoms with Crippen molar-refractivity contribution in [2.75, 3.05) is 6.54 Å². The standard InChI is InChI=1S/C3H6N2.C2H6/c1-2-4-5-3-1;1-2/h2,5H,1,3H2;1-2H3. The molecule has 0 amide bonds. The van der Waals surface area contributed by atoms with Gasteiger partial charge in [-0.2, -0.15) is 5.10 Å². The second-order valence-electron chi connectivity index (χ2n) is 1.01. The highest BCUT2D eigenvalue weighted by Gasteiger charge is 1.83. The molecule has 0 bridgehead atoms. The van der Waals surface area contributed by atoms with E-state index in [1.165, 1.54) is 0 Å². The summed E-state index contributed by atoms with van der Waals surface area (Å²) < 4.78 is 0. The van der Waals surface area contributed by atoms with E-state index in [0.717, 1.165) is 13.0 Å². The molecule has 0 aliphatic carbocycles. The van der Waals surface area contributed by atoms with Crippen LogP contribution in [0.25, 0.3) is 0 Å². The van der Waals surface area contributed by atoms with Crippen LogP contribution in [0.4, 0.5) is 0 Å². The maximum atomic E-state index is 3.71. The Balaban J connectivity index is 0.000000162. The number of nitrogens with one attached hydrogen (secondary N) is 1. The van der Waals surface area contributed by atoms with Gasteiger partial charge in [0.2, 0.25) is 0 Å². The molecule has 0 unspecified atom stereocenters. The van der Waals surface area contributed by atoms with Crippen LogP contribution in [-0.4, -0.2) is 12.8 Å². The van der Waals surface area contributed by atoms with E-state index in [4.69, 9.17) is 0 Å². The molecule has 2 heteroatoms. The lowest BCUT2D eigenvalue weighted by molar-refractivity contribution is 0.813. The highest BCUT2D eigenvalue weighted by Crippen LogP contribution is 1.75. The highest BCUT2D eigenvalue weighted by atomic mass is 15.3. The van der Waals surface area contributed by atoms with Gasteiger partial charge in [0.05, 0.1) is 0 Å². The van der Waals surface area contributed by atoms with Crippen LogP contribution in [0.2, 0.25) is 0 Å². The molecule has 1 aliphatic rings. The number of nitrogens with zero attached hydrogens (tertiary/aromatic N) is 1. The predicted molar refractivity (Wildman–Crippen MR) is 32.5 cm³/mol. The Bertz CT molecular complexity index is 44.0. The Morgan fingerprint density at radius 1 is 1.57 bits per heavy atom. The summed E-state index contributed by atoms with van der Waals surface area (Å²) in [6.07, 6.45) is 2.97. The number of hydrogen-bond donors (Lipinski definition) is 1. The molecule has 0 aromatic rings. The highest BCUT2D eigenvalue weighted by molar-refractivity contribution is 5.58. The van der Waals surface area contributed by atoms with Gasteiger partial charge in [-0.25, -0.2) is 0 Å². The molecule has 0 aromatic carbocycles. The first-order chi connectivity index (χ1) is 3.50. The SMILES string of the molecule is C1=NNCC1.CC. The van der Waals surface area contributed by atoms with Crippen molar-refractivity contribution in [3.8, 4) is 0 Å². The summed E-state index contributed by atoms with van der Waals surface area (Å²) in [5, 5.41) is 3.71. The molecule has 1 rings (SSSR count). The van der Waals surface area contributed by atoms with Gasteiger partial charge in [0.15, 0.2) is 0 Å². The van der Waals surface area contributed by atoms with Crippen LogP contribution >= 0.6 is 0 Å². The van der Waals surface area contributed by atoms with Gasteiger partial charge in [0, 0.05) is 19.2 Å². The van der Waals surface area contributed by atoms with Crippen LogP contribution in [0.5, 0.6) is 0 Å². The topological polar surface area (TPSA) is 24.4 Å². The summed E-state index contributed by atoms with van der Waals surface area (Å²) in [6.45, 7) is 5.03. The first kappa shape index (κ1) is 6.47. The third kappa shape index (κ3) is 3.30. The van der Waals surface area contributed by atoms with E-state index in [0.29, 0.717) is 0 Å². The fourth-order valence-electron chi connectivity index (χ4n) is 0.323. The van der Waals surface area contributed by atoms with Gasteiger partial charge in [-0.05, 0) is 0 Å². The third-order valence-electron chi connectivity index (χ3n) is 0.568. The number of hydrazone groups is 1. The molecule has 42 valence electrons. The van der Waals surface area contributed by atoms with Crippen LogP contribution < -0.4 is 5.43 Å².